The van der Waals surface area contributed by atoms with Crippen LogP contribution in [0.3, 0.4) is 0 Å². The molecule has 0 radical (unpaired) electrons. The molecule has 12 heteroatoms. The maximum atomic E-state index is 13.2. The largest absolute Gasteiger partial charge is 0.433 e. The van der Waals surface area contributed by atoms with Crippen molar-refractivity contribution in [3.05, 3.63) is 35.5 Å². The minimum absolute atomic E-state index is 0.0127. The van der Waals surface area contributed by atoms with E-state index in [0.717, 1.165) is 6.07 Å². The number of hydrogen-bond donors (Lipinski definition) is 2. The van der Waals surface area contributed by atoms with E-state index < -0.39 is 17.9 Å². The van der Waals surface area contributed by atoms with Crippen LogP contribution in [-0.2, 0) is 10.9 Å². The zero-order valence-corrected chi connectivity index (χ0v) is 17.4. The minimum Gasteiger partial charge on any atom is -0.395 e. The van der Waals surface area contributed by atoms with Crippen molar-refractivity contribution >= 4 is 11.8 Å². The SMILES string of the molecule is Cc1cc(C(F)(F)F)nc(C2COCCN2CCNc2nccc(N(C)CCO)n2)n1. The molecule has 3 heterocycles. The Morgan fingerprint density at radius 3 is 2.87 bits per heavy atom. The summed E-state index contributed by atoms with van der Waals surface area (Å²) >= 11 is 0. The van der Waals surface area contributed by atoms with Crippen molar-refractivity contribution in [1.29, 1.82) is 0 Å². The predicted octanol–water partition coefficient (Wildman–Crippen LogP) is 1.51. The highest BCUT2D eigenvalue weighted by atomic mass is 19.4. The smallest absolute Gasteiger partial charge is 0.395 e. The van der Waals surface area contributed by atoms with Crippen molar-refractivity contribution < 1.29 is 23.0 Å². The molecule has 0 aromatic carbocycles. The van der Waals surface area contributed by atoms with E-state index in [0.29, 0.717) is 44.6 Å². The molecule has 1 atom stereocenters. The molecular formula is C19H26F3N7O2. The Morgan fingerprint density at radius 2 is 2.13 bits per heavy atom. The molecule has 0 spiro atoms. The van der Waals surface area contributed by atoms with E-state index >= 15 is 0 Å². The Morgan fingerprint density at radius 1 is 1.32 bits per heavy atom. The normalized spacial score (nSPS) is 17.5. The lowest BCUT2D eigenvalue weighted by Gasteiger charge is -2.34. The van der Waals surface area contributed by atoms with Crippen LogP contribution in [-0.4, -0.2) is 83.0 Å². The van der Waals surface area contributed by atoms with Crippen molar-refractivity contribution in [2.75, 3.05) is 63.3 Å². The summed E-state index contributed by atoms with van der Waals surface area (Å²) in [7, 11) is 1.82. The number of aliphatic hydroxyl groups excluding tert-OH is 1. The maximum absolute atomic E-state index is 13.2. The van der Waals surface area contributed by atoms with E-state index in [1.54, 1.807) is 17.2 Å². The van der Waals surface area contributed by atoms with Gasteiger partial charge in [0.05, 0.1) is 25.9 Å². The maximum Gasteiger partial charge on any atom is 0.433 e. The first-order chi connectivity index (χ1) is 14.8. The zero-order valence-electron chi connectivity index (χ0n) is 17.4. The standard InChI is InChI=1S/C19H26F3N7O2/c1-13-11-15(19(20,21)22)26-17(25-13)14-12-31-10-8-29(14)6-5-24-18-23-4-3-16(27-18)28(2)7-9-30/h3-4,11,14,30H,5-10,12H2,1-2H3,(H,23,24,27). The summed E-state index contributed by atoms with van der Waals surface area (Å²) in [6, 6.07) is 2.21. The first-order valence-corrected chi connectivity index (χ1v) is 9.91. The van der Waals surface area contributed by atoms with E-state index in [-0.39, 0.29) is 24.7 Å². The lowest BCUT2D eigenvalue weighted by atomic mass is 10.2. The van der Waals surface area contributed by atoms with Gasteiger partial charge in [0.15, 0.2) is 0 Å². The Labute approximate surface area is 178 Å². The molecule has 170 valence electrons. The third kappa shape index (κ3) is 6.21. The number of morpholine rings is 1. The first-order valence-electron chi connectivity index (χ1n) is 9.91. The van der Waals surface area contributed by atoms with Gasteiger partial charge in [0.2, 0.25) is 5.95 Å². The van der Waals surface area contributed by atoms with Crippen LogP contribution in [0.25, 0.3) is 0 Å². The molecule has 1 unspecified atom stereocenters. The fraction of sp³-hybridized carbons (Fsp3) is 0.579. The molecule has 0 bridgehead atoms. The molecule has 1 aliphatic rings. The van der Waals surface area contributed by atoms with Crippen LogP contribution < -0.4 is 10.2 Å². The number of nitrogens with one attached hydrogen (secondary N) is 1. The number of aryl methyl sites for hydroxylation is 1. The third-order valence-electron chi connectivity index (χ3n) is 4.85. The van der Waals surface area contributed by atoms with Crippen LogP contribution in [0.5, 0.6) is 0 Å². The summed E-state index contributed by atoms with van der Waals surface area (Å²) < 4.78 is 45.0. The van der Waals surface area contributed by atoms with Crippen molar-refractivity contribution in [3.8, 4) is 0 Å². The molecule has 1 saturated heterocycles. The Balaban J connectivity index is 1.66. The van der Waals surface area contributed by atoms with Crippen molar-refractivity contribution in [2.45, 2.75) is 19.1 Å². The van der Waals surface area contributed by atoms with Gasteiger partial charge < -0.3 is 20.1 Å². The average molecular weight is 441 g/mol. The van der Waals surface area contributed by atoms with Crippen LogP contribution in [0, 0.1) is 6.92 Å². The van der Waals surface area contributed by atoms with E-state index in [1.807, 2.05) is 11.9 Å². The number of ether oxygens (including phenoxy) is 1. The van der Waals surface area contributed by atoms with E-state index in [2.05, 4.69) is 25.3 Å². The van der Waals surface area contributed by atoms with Crippen LogP contribution in [0.4, 0.5) is 24.9 Å². The summed E-state index contributed by atoms with van der Waals surface area (Å²) in [6.45, 7) is 4.22. The van der Waals surface area contributed by atoms with E-state index in [4.69, 9.17) is 9.84 Å². The third-order valence-corrected chi connectivity index (χ3v) is 4.85. The second kappa shape index (κ2) is 10.2. The monoisotopic (exact) mass is 441 g/mol. The zero-order chi connectivity index (χ0) is 22.4. The quantitative estimate of drug-likeness (QED) is 0.631. The molecule has 2 aromatic rings. The van der Waals surface area contributed by atoms with Gasteiger partial charge in [-0.25, -0.2) is 15.0 Å². The van der Waals surface area contributed by atoms with Crippen LogP contribution in [0.1, 0.15) is 23.3 Å². The average Bonchev–Trinajstić information content (AvgIpc) is 2.73. The lowest BCUT2D eigenvalue weighted by Crippen LogP contribution is -2.42. The highest BCUT2D eigenvalue weighted by Crippen LogP contribution is 2.30. The molecule has 31 heavy (non-hydrogen) atoms. The van der Waals surface area contributed by atoms with Gasteiger partial charge >= 0.3 is 6.18 Å². The molecule has 0 saturated carbocycles. The second-order valence-electron chi connectivity index (χ2n) is 7.19. The predicted molar refractivity (Wildman–Crippen MR) is 108 cm³/mol. The number of likely N-dealkylation sites (N-methyl/N-ethyl adjacent to an activating group) is 1. The molecule has 1 fully saturated rings. The number of halogens is 3. The number of aromatic nitrogens is 4. The molecule has 9 nitrogen and oxygen atoms in total. The first kappa shape index (κ1) is 23.1. The number of aliphatic hydroxyl groups is 1. The van der Waals surface area contributed by atoms with Gasteiger partial charge in [-0.15, -0.1) is 0 Å². The van der Waals surface area contributed by atoms with Crippen molar-refractivity contribution in [3.63, 3.8) is 0 Å². The number of nitrogens with zero attached hydrogens (tertiary/aromatic N) is 6. The summed E-state index contributed by atoms with van der Waals surface area (Å²) in [5, 5.41) is 12.2. The fourth-order valence-electron chi connectivity index (χ4n) is 3.25. The molecule has 2 N–H and O–H groups in total. The van der Waals surface area contributed by atoms with Crippen molar-refractivity contribution in [1.82, 2.24) is 24.8 Å². The van der Waals surface area contributed by atoms with Gasteiger partial charge in [-0.1, -0.05) is 0 Å². The van der Waals surface area contributed by atoms with E-state index in [9.17, 15) is 13.2 Å². The minimum atomic E-state index is -4.53. The lowest BCUT2D eigenvalue weighted by molar-refractivity contribution is -0.141. The Kier molecular flexibility index (Phi) is 7.57. The molecule has 3 rings (SSSR count). The topological polar surface area (TPSA) is 99.5 Å². The highest BCUT2D eigenvalue weighted by Gasteiger charge is 2.35. The van der Waals surface area contributed by atoms with Gasteiger partial charge in [0, 0.05) is 45.1 Å². The summed E-state index contributed by atoms with van der Waals surface area (Å²) in [6.07, 6.45) is -2.91. The molecular weight excluding hydrogens is 415 g/mol. The Bertz CT molecular complexity index is 869. The Hall–Kier alpha value is -2.57. The van der Waals surface area contributed by atoms with Gasteiger partial charge in [-0.3, -0.25) is 4.90 Å². The molecule has 0 aliphatic carbocycles. The second-order valence-corrected chi connectivity index (χ2v) is 7.19. The van der Waals surface area contributed by atoms with Crippen molar-refractivity contribution in [2.24, 2.45) is 0 Å². The summed E-state index contributed by atoms with van der Waals surface area (Å²) in [5.74, 6) is 1.21. The van der Waals surface area contributed by atoms with Crippen LogP contribution in [0.2, 0.25) is 0 Å². The van der Waals surface area contributed by atoms with Gasteiger partial charge in [-0.2, -0.15) is 18.2 Å². The number of rotatable bonds is 8. The van der Waals surface area contributed by atoms with E-state index in [1.165, 1.54) is 6.92 Å². The van der Waals surface area contributed by atoms with Crippen LogP contribution >= 0.6 is 0 Å². The van der Waals surface area contributed by atoms with Gasteiger partial charge in [0.25, 0.3) is 0 Å². The fourth-order valence-corrected chi connectivity index (χ4v) is 3.25. The number of anilines is 2. The summed E-state index contributed by atoms with van der Waals surface area (Å²) in [4.78, 5) is 20.4. The number of hydrogen-bond acceptors (Lipinski definition) is 9. The molecule has 2 aromatic heterocycles. The summed E-state index contributed by atoms with van der Waals surface area (Å²) in [5.41, 5.74) is -0.686. The molecule has 0 amide bonds. The van der Waals surface area contributed by atoms with Gasteiger partial charge in [-0.05, 0) is 19.1 Å². The molecule has 1 aliphatic heterocycles. The highest BCUT2D eigenvalue weighted by molar-refractivity contribution is 5.41. The van der Waals surface area contributed by atoms with Crippen LogP contribution in [0.15, 0.2) is 18.3 Å². The number of alkyl halides is 3. The van der Waals surface area contributed by atoms with Gasteiger partial charge in [0.1, 0.15) is 17.3 Å².